The van der Waals surface area contributed by atoms with Crippen LogP contribution >= 0.6 is 23.2 Å². The van der Waals surface area contributed by atoms with Gasteiger partial charge in [0.1, 0.15) is 5.82 Å². The van der Waals surface area contributed by atoms with Crippen LogP contribution in [-0.2, 0) is 11.2 Å². The molecule has 0 aliphatic rings. The molecule has 1 atom stereocenters. The summed E-state index contributed by atoms with van der Waals surface area (Å²) >= 11 is 12.4. The van der Waals surface area contributed by atoms with Crippen molar-refractivity contribution >= 4 is 23.2 Å². The van der Waals surface area contributed by atoms with Crippen LogP contribution in [0, 0.1) is 0 Å². The van der Waals surface area contributed by atoms with Gasteiger partial charge in [-0.3, -0.25) is 0 Å². The van der Waals surface area contributed by atoms with Crippen LogP contribution in [0.25, 0.3) is 0 Å². The SMILES string of the molecule is CCCCCCCCOC(Cc1ncc[nH]1)c1ccc(Cl)cc1Cl. The molecule has 132 valence electrons. The fourth-order valence-corrected chi connectivity index (χ4v) is 3.24. The fraction of sp³-hybridized carbons (Fsp3) is 0.526. The highest BCUT2D eigenvalue weighted by Gasteiger charge is 2.17. The molecule has 1 N–H and O–H groups in total. The summed E-state index contributed by atoms with van der Waals surface area (Å²) in [5.41, 5.74) is 0.962. The van der Waals surface area contributed by atoms with Gasteiger partial charge in [-0.15, -0.1) is 0 Å². The maximum absolute atomic E-state index is 6.37. The van der Waals surface area contributed by atoms with E-state index in [2.05, 4.69) is 16.9 Å². The summed E-state index contributed by atoms with van der Waals surface area (Å²) in [6.45, 7) is 2.97. The van der Waals surface area contributed by atoms with Gasteiger partial charge in [0.15, 0.2) is 0 Å². The molecule has 1 unspecified atom stereocenters. The molecule has 0 amide bonds. The van der Waals surface area contributed by atoms with E-state index in [1.807, 2.05) is 18.3 Å². The molecular formula is C19H26Cl2N2O. The van der Waals surface area contributed by atoms with Gasteiger partial charge < -0.3 is 9.72 Å². The average molecular weight is 369 g/mol. The Hall–Kier alpha value is -1.03. The van der Waals surface area contributed by atoms with Crippen molar-refractivity contribution in [1.82, 2.24) is 9.97 Å². The number of hydrogen-bond donors (Lipinski definition) is 1. The first kappa shape index (κ1) is 19.3. The Kier molecular flexibility index (Phi) is 8.65. The molecule has 0 aliphatic carbocycles. The zero-order valence-corrected chi connectivity index (χ0v) is 15.7. The van der Waals surface area contributed by atoms with E-state index in [1.165, 1.54) is 32.1 Å². The minimum atomic E-state index is -0.114. The lowest BCUT2D eigenvalue weighted by atomic mass is 10.1. The highest BCUT2D eigenvalue weighted by molar-refractivity contribution is 6.35. The Morgan fingerprint density at radius 3 is 2.62 bits per heavy atom. The molecule has 24 heavy (non-hydrogen) atoms. The molecule has 0 aliphatic heterocycles. The number of aromatic amines is 1. The third-order valence-corrected chi connectivity index (χ3v) is 4.62. The molecule has 5 heteroatoms. The van der Waals surface area contributed by atoms with Crippen LogP contribution in [0.4, 0.5) is 0 Å². The highest BCUT2D eigenvalue weighted by atomic mass is 35.5. The lowest BCUT2D eigenvalue weighted by Crippen LogP contribution is -2.10. The van der Waals surface area contributed by atoms with Crippen molar-refractivity contribution in [3.8, 4) is 0 Å². The molecule has 0 fully saturated rings. The van der Waals surface area contributed by atoms with Gasteiger partial charge in [-0.25, -0.2) is 4.98 Å². The first-order chi connectivity index (χ1) is 11.7. The normalized spacial score (nSPS) is 12.5. The lowest BCUT2D eigenvalue weighted by Gasteiger charge is -2.19. The second-order valence-corrected chi connectivity index (χ2v) is 6.88. The average Bonchev–Trinajstić information content (AvgIpc) is 3.06. The second kappa shape index (κ2) is 10.8. The summed E-state index contributed by atoms with van der Waals surface area (Å²) in [5, 5.41) is 1.28. The summed E-state index contributed by atoms with van der Waals surface area (Å²) in [4.78, 5) is 7.43. The summed E-state index contributed by atoms with van der Waals surface area (Å²) in [7, 11) is 0. The molecule has 1 aromatic heterocycles. The van der Waals surface area contributed by atoms with Crippen LogP contribution in [0.1, 0.15) is 62.9 Å². The third kappa shape index (κ3) is 6.46. The van der Waals surface area contributed by atoms with Crippen molar-refractivity contribution in [3.05, 3.63) is 52.0 Å². The van der Waals surface area contributed by atoms with E-state index >= 15 is 0 Å². The van der Waals surface area contributed by atoms with Gasteiger partial charge in [0.05, 0.1) is 6.10 Å². The topological polar surface area (TPSA) is 37.9 Å². The number of halogens is 2. The Morgan fingerprint density at radius 1 is 1.12 bits per heavy atom. The number of H-pyrrole nitrogens is 1. The molecule has 0 radical (unpaired) electrons. The highest BCUT2D eigenvalue weighted by Crippen LogP contribution is 2.30. The van der Waals surface area contributed by atoms with Crippen molar-refractivity contribution in [3.63, 3.8) is 0 Å². The first-order valence-electron chi connectivity index (χ1n) is 8.75. The largest absolute Gasteiger partial charge is 0.373 e. The number of benzene rings is 1. The van der Waals surface area contributed by atoms with Crippen molar-refractivity contribution in [2.24, 2.45) is 0 Å². The zero-order valence-electron chi connectivity index (χ0n) is 14.2. The summed E-state index contributed by atoms with van der Waals surface area (Å²) < 4.78 is 6.14. The van der Waals surface area contributed by atoms with E-state index in [1.54, 1.807) is 12.3 Å². The van der Waals surface area contributed by atoms with Gasteiger partial charge in [-0.1, -0.05) is 68.3 Å². The smallest absolute Gasteiger partial charge is 0.108 e. The molecule has 1 heterocycles. The molecular weight excluding hydrogens is 343 g/mol. The van der Waals surface area contributed by atoms with Gasteiger partial charge >= 0.3 is 0 Å². The quantitative estimate of drug-likeness (QED) is 0.467. The van der Waals surface area contributed by atoms with E-state index < -0.39 is 0 Å². The van der Waals surface area contributed by atoms with Crippen LogP contribution in [0.3, 0.4) is 0 Å². The minimum absolute atomic E-state index is 0.114. The summed E-state index contributed by atoms with van der Waals surface area (Å²) in [5.74, 6) is 0.897. The molecule has 0 saturated carbocycles. The number of ether oxygens (including phenoxy) is 1. The second-order valence-electron chi connectivity index (χ2n) is 6.03. The summed E-state index contributed by atoms with van der Waals surface area (Å²) in [6, 6.07) is 5.56. The predicted molar refractivity (Wildman–Crippen MR) is 101 cm³/mol. The molecule has 0 bridgehead atoms. The van der Waals surface area contributed by atoms with Gasteiger partial charge in [-0.2, -0.15) is 0 Å². The van der Waals surface area contributed by atoms with Crippen LogP contribution in [0.5, 0.6) is 0 Å². The molecule has 1 aromatic carbocycles. The van der Waals surface area contributed by atoms with Crippen LogP contribution in [-0.4, -0.2) is 16.6 Å². The molecule has 2 rings (SSSR count). The Morgan fingerprint density at radius 2 is 1.92 bits per heavy atom. The predicted octanol–water partition coefficient (Wildman–Crippen LogP) is 6.38. The van der Waals surface area contributed by atoms with Gasteiger partial charge in [0, 0.05) is 35.5 Å². The van der Waals surface area contributed by atoms with Gasteiger partial charge in [0.2, 0.25) is 0 Å². The van der Waals surface area contributed by atoms with Crippen molar-refractivity contribution in [1.29, 1.82) is 0 Å². The third-order valence-electron chi connectivity index (χ3n) is 4.06. The zero-order chi connectivity index (χ0) is 17.2. The molecule has 2 aromatic rings. The van der Waals surface area contributed by atoms with Crippen LogP contribution in [0.15, 0.2) is 30.6 Å². The number of imidazole rings is 1. The van der Waals surface area contributed by atoms with Crippen LogP contribution in [0.2, 0.25) is 10.0 Å². The van der Waals surface area contributed by atoms with E-state index in [9.17, 15) is 0 Å². The Labute approximate surface area is 154 Å². The van der Waals surface area contributed by atoms with E-state index in [-0.39, 0.29) is 6.10 Å². The molecule has 3 nitrogen and oxygen atoms in total. The van der Waals surface area contributed by atoms with Gasteiger partial charge in [-0.05, 0) is 24.1 Å². The van der Waals surface area contributed by atoms with Gasteiger partial charge in [0.25, 0.3) is 0 Å². The number of aromatic nitrogens is 2. The number of unbranched alkanes of at least 4 members (excludes halogenated alkanes) is 5. The summed E-state index contributed by atoms with van der Waals surface area (Å²) in [6.07, 6.45) is 11.6. The van der Waals surface area contributed by atoms with Crippen molar-refractivity contribution in [2.75, 3.05) is 6.61 Å². The molecule has 0 saturated heterocycles. The number of rotatable bonds is 11. The van der Waals surface area contributed by atoms with Crippen LogP contribution < -0.4 is 0 Å². The Balaban J connectivity index is 1.91. The fourth-order valence-electron chi connectivity index (χ4n) is 2.71. The number of nitrogens with zero attached hydrogens (tertiary/aromatic N) is 1. The maximum atomic E-state index is 6.37. The minimum Gasteiger partial charge on any atom is -0.373 e. The molecule has 0 spiro atoms. The maximum Gasteiger partial charge on any atom is 0.108 e. The monoisotopic (exact) mass is 368 g/mol. The standard InChI is InChI=1S/C19H26Cl2N2O/c1-2-3-4-5-6-7-12-24-18(14-19-22-10-11-23-19)16-9-8-15(20)13-17(16)21/h8-11,13,18H,2-7,12,14H2,1H3,(H,22,23). The van der Waals surface area contributed by atoms with E-state index in [4.69, 9.17) is 27.9 Å². The lowest BCUT2D eigenvalue weighted by molar-refractivity contribution is 0.0489. The number of hydrogen-bond acceptors (Lipinski definition) is 2. The number of nitrogens with one attached hydrogen (secondary N) is 1. The van der Waals surface area contributed by atoms with Crippen molar-refractivity contribution in [2.45, 2.75) is 58.0 Å². The first-order valence-corrected chi connectivity index (χ1v) is 9.51. The van der Waals surface area contributed by atoms with E-state index in [0.717, 1.165) is 24.4 Å². The van der Waals surface area contributed by atoms with E-state index in [0.29, 0.717) is 16.5 Å². The Bertz CT molecular complexity index is 587. The van der Waals surface area contributed by atoms with Crippen molar-refractivity contribution < 1.29 is 4.74 Å².